The number of Topliss-reactive ketones (excluding diaryl/α,β-unsaturated/α-hetero) is 1. The molecule has 0 aliphatic carbocycles. The first-order valence-corrected chi connectivity index (χ1v) is 10.9. The summed E-state index contributed by atoms with van der Waals surface area (Å²) in [5.41, 5.74) is 0. The van der Waals surface area contributed by atoms with Crippen molar-refractivity contribution < 1.29 is 24.6 Å². The highest BCUT2D eigenvalue weighted by Crippen LogP contribution is 2.14. The maximum absolute atomic E-state index is 11.6. The molecule has 0 rings (SSSR count). The van der Waals surface area contributed by atoms with Crippen molar-refractivity contribution >= 4 is 17.7 Å². The van der Waals surface area contributed by atoms with Gasteiger partial charge in [-0.3, -0.25) is 14.4 Å². The average molecular weight is 385 g/mol. The number of carbonyl (C=O) groups excluding carboxylic acids is 1. The van der Waals surface area contributed by atoms with E-state index < -0.39 is 17.9 Å². The van der Waals surface area contributed by atoms with Gasteiger partial charge in [0.15, 0.2) is 0 Å². The molecule has 0 aromatic heterocycles. The molecule has 0 aliphatic heterocycles. The van der Waals surface area contributed by atoms with Gasteiger partial charge in [0.2, 0.25) is 0 Å². The first kappa shape index (κ1) is 25.6. The molecular weight excluding hydrogens is 344 g/mol. The van der Waals surface area contributed by atoms with Crippen molar-refractivity contribution in [3.8, 4) is 0 Å². The van der Waals surface area contributed by atoms with Crippen LogP contribution in [0, 0.1) is 5.92 Å². The minimum Gasteiger partial charge on any atom is -0.481 e. The minimum absolute atomic E-state index is 0.0757. The Morgan fingerprint density at radius 3 is 1.26 bits per heavy atom. The number of hydrogen-bond acceptors (Lipinski definition) is 3. The fourth-order valence-corrected chi connectivity index (χ4v) is 3.25. The largest absolute Gasteiger partial charge is 0.481 e. The Hall–Kier alpha value is -1.39. The summed E-state index contributed by atoms with van der Waals surface area (Å²) in [6.45, 7) is 1.59. The SMILES string of the molecule is CC(CC(=O)CCCCCCCCCCCCCCCCC(=O)O)C(=O)O. The van der Waals surface area contributed by atoms with E-state index in [4.69, 9.17) is 10.2 Å². The van der Waals surface area contributed by atoms with Crippen LogP contribution in [0.1, 0.15) is 116 Å². The molecule has 2 N–H and O–H groups in total. The second kappa shape index (κ2) is 18.0. The van der Waals surface area contributed by atoms with E-state index in [1.165, 1.54) is 51.4 Å². The smallest absolute Gasteiger partial charge is 0.306 e. The van der Waals surface area contributed by atoms with Crippen molar-refractivity contribution in [2.75, 3.05) is 0 Å². The molecule has 5 nitrogen and oxygen atoms in total. The zero-order valence-electron chi connectivity index (χ0n) is 17.2. The molecule has 0 saturated carbocycles. The second-order valence-corrected chi connectivity index (χ2v) is 7.83. The van der Waals surface area contributed by atoms with E-state index in [2.05, 4.69) is 0 Å². The number of hydrogen-bond donors (Lipinski definition) is 2. The van der Waals surface area contributed by atoms with E-state index in [1.807, 2.05) is 0 Å². The molecule has 0 amide bonds. The molecule has 1 unspecified atom stereocenters. The van der Waals surface area contributed by atoms with Crippen LogP contribution in [-0.2, 0) is 14.4 Å². The van der Waals surface area contributed by atoms with Crippen LogP contribution >= 0.6 is 0 Å². The molecule has 5 heteroatoms. The summed E-state index contributed by atoms with van der Waals surface area (Å²) in [5.74, 6) is -2.06. The van der Waals surface area contributed by atoms with Gasteiger partial charge in [-0.25, -0.2) is 0 Å². The van der Waals surface area contributed by atoms with Crippen LogP contribution in [-0.4, -0.2) is 27.9 Å². The highest BCUT2D eigenvalue weighted by Gasteiger charge is 2.15. The number of carbonyl (C=O) groups is 3. The second-order valence-electron chi connectivity index (χ2n) is 7.83. The fraction of sp³-hybridized carbons (Fsp3) is 0.864. The zero-order chi connectivity index (χ0) is 20.3. The third-order valence-corrected chi connectivity index (χ3v) is 5.05. The van der Waals surface area contributed by atoms with Crippen LogP contribution < -0.4 is 0 Å². The maximum atomic E-state index is 11.6. The molecule has 1 atom stereocenters. The molecule has 0 aromatic rings. The number of carboxylic acids is 2. The molecule has 0 saturated heterocycles. The van der Waals surface area contributed by atoms with Crippen LogP contribution in [0.15, 0.2) is 0 Å². The highest BCUT2D eigenvalue weighted by molar-refractivity contribution is 5.83. The number of unbranched alkanes of at least 4 members (excludes halogenated alkanes) is 13. The number of rotatable bonds is 20. The number of aliphatic carboxylic acids is 2. The van der Waals surface area contributed by atoms with Crippen LogP contribution in [0.5, 0.6) is 0 Å². The zero-order valence-corrected chi connectivity index (χ0v) is 17.2. The third kappa shape index (κ3) is 19.2. The summed E-state index contributed by atoms with van der Waals surface area (Å²) >= 11 is 0. The molecule has 0 radical (unpaired) electrons. The molecule has 0 aromatic carbocycles. The summed E-state index contributed by atoms with van der Waals surface area (Å²) < 4.78 is 0. The molecule has 27 heavy (non-hydrogen) atoms. The summed E-state index contributed by atoms with van der Waals surface area (Å²) in [7, 11) is 0. The van der Waals surface area contributed by atoms with E-state index in [1.54, 1.807) is 6.92 Å². The van der Waals surface area contributed by atoms with E-state index in [9.17, 15) is 14.4 Å². The Morgan fingerprint density at radius 1 is 0.593 bits per heavy atom. The Balaban J connectivity index is 3.20. The quantitative estimate of drug-likeness (QED) is 0.251. The van der Waals surface area contributed by atoms with Gasteiger partial charge in [-0.2, -0.15) is 0 Å². The predicted molar refractivity (Wildman–Crippen MR) is 108 cm³/mol. The Kier molecular flexibility index (Phi) is 17.1. The average Bonchev–Trinajstić information content (AvgIpc) is 2.60. The van der Waals surface area contributed by atoms with Gasteiger partial charge in [-0.1, -0.05) is 84.0 Å². The van der Waals surface area contributed by atoms with Crippen LogP contribution in [0.25, 0.3) is 0 Å². The highest BCUT2D eigenvalue weighted by atomic mass is 16.4. The first-order valence-electron chi connectivity index (χ1n) is 10.9. The Labute approximate surface area is 164 Å². The van der Waals surface area contributed by atoms with Gasteiger partial charge in [-0.05, 0) is 12.8 Å². The molecule has 0 spiro atoms. The lowest BCUT2D eigenvalue weighted by Crippen LogP contribution is -2.14. The molecule has 158 valence electrons. The predicted octanol–water partition coefficient (Wildman–Crippen LogP) is 5.99. The van der Waals surface area contributed by atoms with E-state index in [-0.39, 0.29) is 12.2 Å². The minimum atomic E-state index is -0.890. The Bertz CT molecular complexity index is 406. The molecule has 0 aliphatic rings. The Morgan fingerprint density at radius 2 is 0.926 bits per heavy atom. The van der Waals surface area contributed by atoms with Crippen molar-refractivity contribution in [2.45, 2.75) is 116 Å². The van der Waals surface area contributed by atoms with Crippen LogP contribution in [0.4, 0.5) is 0 Å². The maximum Gasteiger partial charge on any atom is 0.306 e. The van der Waals surface area contributed by atoms with Gasteiger partial charge in [-0.15, -0.1) is 0 Å². The summed E-state index contributed by atoms with van der Waals surface area (Å²) in [5, 5.41) is 17.3. The van der Waals surface area contributed by atoms with Crippen LogP contribution in [0.2, 0.25) is 0 Å². The van der Waals surface area contributed by atoms with Crippen LogP contribution in [0.3, 0.4) is 0 Å². The number of carboxylic acid groups (broad SMARTS) is 2. The monoisotopic (exact) mass is 384 g/mol. The normalized spacial score (nSPS) is 12.0. The van der Waals surface area contributed by atoms with Crippen molar-refractivity contribution in [1.29, 1.82) is 0 Å². The third-order valence-electron chi connectivity index (χ3n) is 5.05. The van der Waals surface area contributed by atoms with Gasteiger partial charge in [0.25, 0.3) is 0 Å². The van der Waals surface area contributed by atoms with Gasteiger partial charge in [0.1, 0.15) is 5.78 Å². The van der Waals surface area contributed by atoms with Crippen molar-refractivity contribution in [1.82, 2.24) is 0 Å². The standard InChI is InChI=1S/C22H40O5/c1-19(22(26)27)18-20(23)16-14-12-10-8-6-4-2-3-5-7-9-11-13-15-17-21(24)25/h19H,2-18H2,1H3,(H,24,25)(H,26,27). The van der Waals surface area contributed by atoms with Gasteiger partial charge < -0.3 is 10.2 Å². The molecule has 0 fully saturated rings. The van der Waals surface area contributed by atoms with E-state index in [0.717, 1.165) is 38.5 Å². The lowest BCUT2D eigenvalue weighted by molar-refractivity contribution is -0.143. The molecule has 0 heterocycles. The lowest BCUT2D eigenvalue weighted by Gasteiger charge is -2.05. The van der Waals surface area contributed by atoms with Gasteiger partial charge >= 0.3 is 11.9 Å². The molecule has 0 bridgehead atoms. The van der Waals surface area contributed by atoms with Crippen molar-refractivity contribution in [3.63, 3.8) is 0 Å². The van der Waals surface area contributed by atoms with Crippen molar-refractivity contribution in [3.05, 3.63) is 0 Å². The van der Waals surface area contributed by atoms with E-state index in [0.29, 0.717) is 12.8 Å². The summed E-state index contributed by atoms with van der Waals surface area (Å²) in [6.07, 6.45) is 17.3. The van der Waals surface area contributed by atoms with Crippen molar-refractivity contribution in [2.24, 2.45) is 5.92 Å². The topological polar surface area (TPSA) is 91.7 Å². The van der Waals surface area contributed by atoms with E-state index >= 15 is 0 Å². The fourth-order valence-electron chi connectivity index (χ4n) is 3.25. The summed E-state index contributed by atoms with van der Waals surface area (Å²) in [4.78, 5) is 32.7. The number of ketones is 1. The van der Waals surface area contributed by atoms with Gasteiger partial charge in [0.05, 0.1) is 5.92 Å². The summed E-state index contributed by atoms with van der Waals surface area (Å²) in [6, 6.07) is 0. The molecular formula is C22H40O5. The lowest BCUT2D eigenvalue weighted by atomic mass is 10.00. The van der Waals surface area contributed by atoms with Gasteiger partial charge in [0, 0.05) is 19.3 Å². The first-order chi connectivity index (χ1) is 12.9.